The maximum atomic E-state index is 12.0. The van der Waals surface area contributed by atoms with Gasteiger partial charge in [-0.15, -0.1) is 12.4 Å². The fraction of sp³-hybridized carbons (Fsp3) is 0.357. The summed E-state index contributed by atoms with van der Waals surface area (Å²) >= 11 is 0. The largest absolute Gasteiger partial charge is 0.359 e. The van der Waals surface area contributed by atoms with E-state index in [4.69, 9.17) is 0 Å². The average molecular weight is 267 g/mol. The Labute approximate surface area is 114 Å². The molecule has 18 heavy (non-hydrogen) atoms. The summed E-state index contributed by atoms with van der Waals surface area (Å²) in [5.41, 5.74) is 0.787. The van der Waals surface area contributed by atoms with E-state index in [9.17, 15) is 4.79 Å². The Morgan fingerprint density at radius 3 is 2.50 bits per heavy atom. The van der Waals surface area contributed by atoms with Gasteiger partial charge in [-0.25, -0.2) is 0 Å². The fourth-order valence-electron chi connectivity index (χ4n) is 1.95. The molecule has 0 unspecified atom stereocenters. The van der Waals surface area contributed by atoms with Crippen LogP contribution in [0.2, 0.25) is 0 Å². The molecule has 2 rings (SSSR count). The van der Waals surface area contributed by atoms with Gasteiger partial charge >= 0.3 is 0 Å². The van der Waals surface area contributed by atoms with E-state index in [1.807, 2.05) is 41.4 Å². The Balaban J connectivity index is 0.00000162. The fourth-order valence-corrected chi connectivity index (χ4v) is 1.95. The van der Waals surface area contributed by atoms with Crippen LogP contribution in [-0.2, 0) is 0 Å². The molecule has 0 aromatic heterocycles. The zero-order chi connectivity index (χ0) is 12.1. The highest BCUT2D eigenvalue weighted by atomic mass is 35.5. The molecule has 0 amide bonds. The predicted octanol–water partition coefficient (Wildman–Crippen LogP) is 2.75. The molecule has 0 N–H and O–H groups in total. The van der Waals surface area contributed by atoms with Crippen molar-refractivity contribution in [2.24, 2.45) is 0 Å². The van der Waals surface area contributed by atoms with Gasteiger partial charge in [0.15, 0.2) is 5.78 Å². The number of hydrogen-bond acceptors (Lipinski definition) is 3. The third-order valence-corrected chi connectivity index (χ3v) is 2.80. The summed E-state index contributed by atoms with van der Waals surface area (Å²) < 4.78 is 0. The number of carbonyl (C=O) groups is 1. The molecule has 1 heterocycles. The number of benzene rings is 1. The van der Waals surface area contributed by atoms with Gasteiger partial charge in [0.2, 0.25) is 0 Å². The summed E-state index contributed by atoms with van der Waals surface area (Å²) in [4.78, 5) is 16.2. The van der Waals surface area contributed by atoms with Gasteiger partial charge in [0.1, 0.15) is 0 Å². The van der Waals surface area contributed by atoms with Crippen LogP contribution >= 0.6 is 12.4 Å². The normalized spacial score (nSPS) is 13.6. The Bertz CT molecular complexity index is 406. The minimum Gasteiger partial charge on any atom is -0.359 e. The molecular weight excluding hydrogens is 248 g/mol. The lowest BCUT2D eigenvalue weighted by atomic mass is 10.1. The number of ketones is 1. The number of hydrogen-bond donors (Lipinski definition) is 0. The zero-order valence-corrected chi connectivity index (χ0v) is 11.4. The lowest BCUT2D eigenvalue weighted by Crippen LogP contribution is -2.30. The maximum Gasteiger partial charge on any atom is 0.182 e. The Morgan fingerprint density at radius 2 is 1.83 bits per heavy atom. The quantitative estimate of drug-likeness (QED) is 0.766. The van der Waals surface area contributed by atoms with Crippen LogP contribution in [0.3, 0.4) is 0 Å². The van der Waals surface area contributed by atoms with E-state index < -0.39 is 0 Å². The first kappa shape index (κ1) is 14.6. The SMILES string of the molecule is CCCN1C=CN(CC(=O)c2ccccc2)C1.Cl. The van der Waals surface area contributed by atoms with Crippen LogP contribution in [0, 0.1) is 0 Å². The van der Waals surface area contributed by atoms with Crippen molar-refractivity contribution in [2.45, 2.75) is 13.3 Å². The molecule has 3 nitrogen and oxygen atoms in total. The Kier molecular flexibility index (Phi) is 5.72. The Morgan fingerprint density at radius 1 is 1.17 bits per heavy atom. The lowest BCUT2D eigenvalue weighted by molar-refractivity contribution is 0.0945. The highest BCUT2D eigenvalue weighted by Crippen LogP contribution is 2.09. The molecule has 0 saturated heterocycles. The van der Waals surface area contributed by atoms with Gasteiger partial charge in [-0.1, -0.05) is 37.3 Å². The smallest absolute Gasteiger partial charge is 0.182 e. The molecule has 1 aromatic rings. The molecule has 1 aromatic carbocycles. The second kappa shape index (κ2) is 7.07. The maximum absolute atomic E-state index is 12.0. The van der Waals surface area contributed by atoms with Crippen molar-refractivity contribution >= 4 is 18.2 Å². The first-order valence-electron chi connectivity index (χ1n) is 6.04. The molecule has 0 aliphatic carbocycles. The topological polar surface area (TPSA) is 23.6 Å². The minimum absolute atomic E-state index is 0. The highest BCUT2D eigenvalue weighted by molar-refractivity contribution is 5.97. The number of Topliss-reactive ketones (excluding diaryl/α,β-unsaturated/α-hetero) is 1. The van der Waals surface area contributed by atoms with E-state index in [1.54, 1.807) is 0 Å². The lowest BCUT2D eigenvalue weighted by Gasteiger charge is -2.20. The summed E-state index contributed by atoms with van der Waals surface area (Å²) in [5.74, 6) is 0.175. The van der Waals surface area contributed by atoms with Crippen LogP contribution in [0.15, 0.2) is 42.7 Å². The number of carbonyl (C=O) groups excluding carboxylic acids is 1. The molecule has 0 fully saturated rings. The van der Waals surface area contributed by atoms with Crippen molar-refractivity contribution < 1.29 is 4.79 Å². The van der Waals surface area contributed by atoms with E-state index in [-0.39, 0.29) is 18.2 Å². The molecule has 0 bridgehead atoms. The van der Waals surface area contributed by atoms with Gasteiger partial charge in [-0.3, -0.25) is 4.79 Å². The van der Waals surface area contributed by atoms with Crippen LogP contribution in [0.1, 0.15) is 23.7 Å². The van der Waals surface area contributed by atoms with Crippen LogP contribution in [-0.4, -0.2) is 35.3 Å². The van der Waals surface area contributed by atoms with Gasteiger partial charge in [0.25, 0.3) is 0 Å². The first-order chi connectivity index (χ1) is 8.29. The number of rotatable bonds is 5. The van der Waals surface area contributed by atoms with Gasteiger partial charge in [0, 0.05) is 24.5 Å². The number of nitrogens with zero attached hydrogens (tertiary/aromatic N) is 2. The van der Waals surface area contributed by atoms with Crippen LogP contribution in [0.25, 0.3) is 0 Å². The van der Waals surface area contributed by atoms with Crippen molar-refractivity contribution in [2.75, 3.05) is 19.8 Å². The van der Waals surface area contributed by atoms with Crippen LogP contribution < -0.4 is 0 Å². The molecule has 0 spiro atoms. The van der Waals surface area contributed by atoms with Gasteiger partial charge in [0.05, 0.1) is 13.2 Å². The molecule has 0 atom stereocenters. The molecule has 4 heteroatoms. The molecular formula is C14H19ClN2O. The standard InChI is InChI=1S/C14H18N2O.ClH/c1-2-8-15-9-10-16(12-15)11-14(17)13-6-4-3-5-7-13;/h3-7,9-10H,2,8,11-12H2,1H3;1H. The van der Waals surface area contributed by atoms with Gasteiger partial charge in [-0.05, 0) is 6.42 Å². The van der Waals surface area contributed by atoms with Crippen LogP contribution in [0.5, 0.6) is 0 Å². The number of halogens is 1. The molecule has 0 radical (unpaired) electrons. The second-order valence-corrected chi connectivity index (χ2v) is 4.29. The summed E-state index contributed by atoms with van der Waals surface area (Å²) in [7, 11) is 0. The van der Waals surface area contributed by atoms with E-state index in [1.165, 1.54) is 0 Å². The second-order valence-electron chi connectivity index (χ2n) is 4.29. The van der Waals surface area contributed by atoms with E-state index >= 15 is 0 Å². The van der Waals surface area contributed by atoms with E-state index in [0.717, 1.165) is 25.2 Å². The van der Waals surface area contributed by atoms with E-state index in [2.05, 4.69) is 18.0 Å². The first-order valence-corrected chi connectivity index (χ1v) is 6.04. The van der Waals surface area contributed by atoms with Gasteiger partial charge in [-0.2, -0.15) is 0 Å². The van der Waals surface area contributed by atoms with Gasteiger partial charge < -0.3 is 9.80 Å². The summed E-state index contributed by atoms with van der Waals surface area (Å²) in [5, 5.41) is 0. The van der Waals surface area contributed by atoms with Crippen molar-refractivity contribution in [1.29, 1.82) is 0 Å². The minimum atomic E-state index is 0. The molecule has 1 aliphatic rings. The summed E-state index contributed by atoms with van der Waals surface area (Å²) in [6.07, 6.45) is 5.18. The van der Waals surface area contributed by atoms with Crippen LogP contribution in [0.4, 0.5) is 0 Å². The molecule has 0 saturated carbocycles. The predicted molar refractivity (Wildman–Crippen MR) is 75.7 cm³/mol. The van der Waals surface area contributed by atoms with E-state index in [0.29, 0.717) is 6.54 Å². The molecule has 1 aliphatic heterocycles. The van der Waals surface area contributed by atoms with Crippen molar-refractivity contribution in [1.82, 2.24) is 9.80 Å². The summed E-state index contributed by atoms with van der Waals surface area (Å²) in [6.45, 7) is 4.49. The molecule has 98 valence electrons. The monoisotopic (exact) mass is 266 g/mol. The third-order valence-electron chi connectivity index (χ3n) is 2.80. The zero-order valence-electron chi connectivity index (χ0n) is 10.6. The van der Waals surface area contributed by atoms with Crippen molar-refractivity contribution in [3.05, 3.63) is 48.3 Å². The highest BCUT2D eigenvalue weighted by Gasteiger charge is 2.15. The van der Waals surface area contributed by atoms with Crippen molar-refractivity contribution in [3.63, 3.8) is 0 Å². The summed E-state index contributed by atoms with van der Waals surface area (Å²) in [6, 6.07) is 9.46. The Hall–Kier alpha value is -1.48. The third kappa shape index (κ3) is 3.77. The van der Waals surface area contributed by atoms with Crippen molar-refractivity contribution in [3.8, 4) is 0 Å². The average Bonchev–Trinajstić information content (AvgIpc) is 2.78.